The van der Waals surface area contributed by atoms with Gasteiger partial charge in [0.15, 0.2) is 0 Å². The minimum absolute atomic E-state index is 0.0406. The molecule has 1 unspecified atom stereocenters. The van der Waals surface area contributed by atoms with Crippen molar-refractivity contribution in [3.63, 3.8) is 0 Å². The largest absolute Gasteiger partial charge is 0.339 e. The zero-order valence-electron chi connectivity index (χ0n) is 17.3. The van der Waals surface area contributed by atoms with Crippen LogP contribution in [0, 0.1) is 6.92 Å². The van der Waals surface area contributed by atoms with Crippen molar-refractivity contribution in [3.8, 4) is 11.4 Å². The summed E-state index contributed by atoms with van der Waals surface area (Å²) in [6.45, 7) is 4.72. The number of amides is 1. The highest BCUT2D eigenvalue weighted by Gasteiger charge is 2.35. The molecular weight excluding hydrogens is 394 g/mol. The van der Waals surface area contributed by atoms with Gasteiger partial charge in [0, 0.05) is 30.8 Å². The van der Waals surface area contributed by atoms with Crippen molar-refractivity contribution in [1.29, 1.82) is 0 Å². The first-order valence-electron chi connectivity index (χ1n) is 10.3. The molecule has 2 aromatic heterocycles. The Morgan fingerprint density at radius 2 is 1.90 bits per heavy atom. The molecule has 1 aliphatic rings. The molecule has 0 spiro atoms. The van der Waals surface area contributed by atoms with Crippen molar-refractivity contribution in [2.75, 3.05) is 11.4 Å². The zero-order valence-corrected chi connectivity index (χ0v) is 17.3. The number of para-hydroxylation sites is 1. The van der Waals surface area contributed by atoms with E-state index in [0.717, 1.165) is 16.8 Å². The van der Waals surface area contributed by atoms with Gasteiger partial charge in [0.25, 0.3) is 5.56 Å². The molecular formula is C23H21N5O3. The number of hydrogen-bond donors (Lipinski definition) is 0. The highest BCUT2D eigenvalue weighted by molar-refractivity contribution is 5.96. The number of aryl methyl sites for hydroxylation is 2. The summed E-state index contributed by atoms with van der Waals surface area (Å²) in [5, 5.41) is 4.13. The van der Waals surface area contributed by atoms with E-state index in [9.17, 15) is 9.59 Å². The number of carbonyl (C=O) groups is 1. The normalized spacial score (nSPS) is 16.4. The maximum absolute atomic E-state index is 12.5. The topological polar surface area (TPSA) is 94.1 Å². The molecule has 4 aromatic rings. The van der Waals surface area contributed by atoms with Crippen molar-refractivity contribution in [2.24, 2.45) is 0 Å². The third-order valence-corrected chi connectivity index (χ3v) is 5.67. The van der Waals surface area contributed by atoms with E-state index in [0.29, 0.717) is 42.4 Å². The summed E-state index contributed by atoms with van der Waals surface area (Å²) in [7, 11) is 0. The molecule has 0 N–H and O–H groups in total. The fraction of sp³-hybridized carbons (Fsp3) is 0.261. The Kier molecular flexibility index (Phi) is 4.62. The number of aromatic nitrogens is 4. The number of nitrogens with zero attached hydrogens (tertiary/aromatic N) is 5. The second kappa shape index (κ2) is 7.46. The van der Waals surface area contributed by atoms with E-state index in [1.807, 2.05) is 55.5 Å². The summed E-state index contributed by atoms with van der Waals surface area (Å²) in [5.74, 6) is 0.777. The minimum Gasteiger partial charge on any atom is -0.339 e. The van der Waals surface area contributed by atoms with Crippen molar-refractivity contribution < 1.29 is 9.32 Å². The lowest BCUT2D eigenvalue weighted by molar-refractivity contribution is -0.117. The molecule has 31 heavy (non-hydrogen) atoms. The number of hydrogen-bond acceptors (Lipinski definition) is 6. The second-order valence-corrected chi connectivity index (χ2v) is 7.65. The highest BCUT2D eigenvalue weighted by atomic mass is 16.5. The average molecular weight is 415 g/mol. The van der Waals surface area contributed by atoms with Crippen LogP contribution >= 0.6 is 0 Å². The molecule has 2 aromatic carbocycles. The average Bonchev–Trinajstić information content (AvgIpc) is 3.42. The summed E-state index contributed by atoms with van der Waals surface area (Å²) >= 11 is 0. The maximum Gasteiger partial charge on any atom is 0.272 e. The van der Waals surface area contributed by atoms with Gasteiger partial charge in [-0.3, -0.25) is 9.59 Å². The van der Waals surface area contributed by atoms with Crippen molar-refractivity contribution in [2.45, 2.75) is 32.7 Å². The number of anilines is 1. The monoisotopic (exact) mass is 415 g/mol. The summed E-state index contributed by atoms with van der Waals surface area (Å²) in [5.41, 5.74) is 3.46. The van der Waals surface area contributed by atoms with Gasteiger partial charge in [-0.1, -0.05) is 23.4 Å². The highest BCUT2D eigenvalue weighted by Crippen LogP contribution is 2.32. The first-order chi connectivity index (χ1) is 15.0. The van der Waals surface area contributed by atoms with Crippen LogP contribution in [-0.2, 0) is 11.3 Å². The minimum atomic E-state index is -0.153. The molecule has 8 nitrogen and oxygen atoms in total. The Hall–Kier alpha value is -3.81. The molecule has 1 amide bonds. The molecule has 0 aliphatic carbocycles. The first kappa shape index (κ1) is 19.2. The lowest BCUT2D eigenvalue weighted by Crippen LogP contribution is -2.24. The Labute approximate surface area is 178 Å². The molecule has 0 bridgehead atoms. The van der Waals surface area contributed by atoms with Gasteiger partial charge in [-0.05, 0) is 44.2 Å². The molecule has 5 rings (SSSR count). The van der Waals surface area contributed by atoms with E-state index in [4.69, 9.17) is 4.52 Å². The van der Waals surface area contributed by atoms with Gasteiger partial charge < -0.3 is 14.0 Å². The number of rotatable bonds is 4. The van der Waals surface area contributed by atoms with Crippen LogP contribution in [-0.4, -0.2) is 32.1 Å². The van der Waals surface area contributed by atoms with E-state index in [2.05, 4.69) is 15.1 Å². The summed E-state index contributed by atoms with van der Waals surface area (Å²) < 4.78 is 7.22. The molecule has 0 radical (unpaired) electrons. The molecule has 1 aliphatic heterocycles. The zero-order chi connectivity index (χ0) is 21.5. The van der Waals surface area contributed by atoms with Crippen LogP contribution in [0.2, 0.25) is 0 Å². The third-order valence-electron chi connectivity index (χ3n) is 5.67. The fourth-order valence-electron chi connectivity index (χ4n) is 4.08. The summed E-state index contributed by atoms with van der Waals surface area (Å²) in [4.78, 5) is 35.6. The van der Waals surface area contributed by atoms with E-state index >= 15 is 0 Å². The van der Waals surface area contributed by atoms with Gasteiger partial charge in [0.05, 0.1) is 17.0 Å². The van der Waals surface area contributed by atoms with Gasteiger partial charge in [0.1, 0.15) is 5.69 Å². The molecule has 156 valence electrons. The van der Waals surface area contributed by atoms with Gasteiger partial charge in [0.2, 0.25) is 17.6 Å². The van der Waals surface area contributed by atoms with Gasteiger partial charge in [-0.25, -0.2) is 4.98 Å². The molecule has 1 atom stereocenters. The van der Waals surface area contributed by atoms with Crippen molar-refractivity contribution in [1.82, 2.24) is 19.7 Å². The maximum atomic E-state index is 12.5. The van der Waals surface area contributed by atoms with Crippen LogP contribution in [0.3, 0.4) is 0 Å². The van der Waals surface area contributed by atoms with Crippen LogP contribution in [0.15, 0.2) is 57.8 Å². The van der Waals surface area contributed by atoms with Gasteiger partial charge in [-0.2, -0.15) is 4.98 Å². The number of carbonyl (C=O) groups excluding carboxylic acids is 1. The Morgan fingerprint density at radius 1 is 1.10 bits per heavy atom. The molecule has 0 saturated carbocycles. The Morgan fingerprint density at radius 3 is 2.68 bits per heavy atom. The van der Waals surface area contributed by atoms with E-state index in [-0.39, 0.29) is 17.4 Å². The predicted molar refractivity (Wildman–Crippen MR) is 116 cm³/mol. The number of fused-ring (bicyclic) bond motifs is 1. The van der Waals surface area contributed by atoms with Gasteiger partial charge in [-0.15, -0.1) is 0 Å². The van der Waals surface area contributed by atoms with Crippen LogP contribution in [0.5, 0.6) is 0 Å². The van der Waals surface area contributed by atoms with Gasteiger partial charge >= 0.3 is 0 Å². The van der Waals surface area contributed by atoms with Crippen LogP contribution in [0.4, 0.5) is 5.69 Å². The number of benzene rings is 2. The molecule has 3 heterocycles. The summed E-state index contributed by atoms with van der Waals surface area (Å²) in [6.07, 6.45) is 0.331. The lowest BCUT2D eigenvalue weighted by atomic mass is 10.1. The first-order valence-corrected chi connectivity index (χ1v) is 10.3. The van der Waals surface area contributed by atoms with Crippen LogP contribution in [0.1, 0.15) is 30.8 Å². The van der Waals surface area contributed by atoms with Crippen LogP contribution < -0.4 is 10.5 Å². The Bertz CT molecular complexity index is 1340. The Balaban J connectivity index is 1.45. The van der Waals surface area contributed by atoms with E-state index in [1.54, 1.807) is 16.4 Å². The SMILES string of the molecule is CCn1c(=O)c(C)nc2cc(-c3noc(C4CC(=O)N(c5ccccc5)C4)n3)ccc21. The molecule has 1 fully saturated rings. The van der Waals surface area contributed by atoms with Crippen molar-refractivity contribution in [3.05, 3.63) is 70.5 Å². The second-order valence-electron chi connectivity index (χ2n) is 7.65. The predicted octanol–water partition coefficient (Wildman–Crippen LogP) is 3.30. The lowest BCUT2D eigenvalue weighted by Gasteiger charge is -2.15. The standard InChI is InChI=1S/C23H21N5O3/c1-3-27-19-10-9-15(11-18(19)24-14(2)23(27)30)21-25-22(31-26-21)16-12-20(29)28(13-16)17-7-5-4-6-8-17/h4-11,16H,3,12-13H2,1-2H3. The van der Waals surface area contributed by atoms with Crippen molar-refractivity contribution >= 4 is 22.6 Å². The summed E-state index contributed by atoms with van der Waals surface area (Å²) in [6, 6.07) is 15.1. The quantitative estimate of drug-likeness (QED) is 0.508. The molecule has 1 saturated heterocycles. The fourth-order valence-corrected chi connectivity index (χ4v) is 4.08. The van der Waals surface area contributed by atoms with E-state index < -0.39 is 0 Å². The van der Waals surface area contributed by atoms with E-state index in [1.165, 1.54) is 0 Å². The smallest absolute Gasteiger partial charge is 0.272 e. The molecule has 8 heteroatoms. The van der Waals surface area contributed by atoms with Crippen LogP contribution in [0.25, 0.3) is 22.4 Å². The third kappa shape index (κ3) is 3.30.